The highest BCUT2D eigenvalue weighted by molar-refractivity contribution is 6.30. The number of esters is 1. The van der Waals surface area contributed by atoms with Crippen LogP contribution in [0.5, 0.6) is 0 Å². The second kappa shape index (κ2) is 10.1. The van der Waals surface area contributed by atoms with Crippen molar-refractivity contribution in [3.05, 3.63) is 59.1 Å². The topological polar surface area (TPSA) is 105 Å². The number of hydrogen-bond acceptors (Lipinski definition) is 5. The van der Waals surface area contributed by atoms with E-state index in [0.717, 1.165) is 0 Å². The number of nitrogens with one attached hydrogen (secondary N) is 2. The highest BCUT2D eigenvalue weighted by atomic mass is 35.5. The summed E-state index contributed by atoms with van der Waals surface area (Å²) in [6.07, 6.45) is 0.0455. The first-order chi connectivity index (χ1) is 14.8. The molecule has 9 heteroatoms. The van der Waals surface area contributed by atoms with Crippen molar-refractivity contribution in [3.8, 4) is 0 Å². The van der Waals surface area contributed by atoms with E-state index in [9.17, 15) is 19.2 Å². The van der Waals surface area contributed by atoms with Crippen molar-refractivity contribution in [2.45, 2.75) is 25.8 Å². The Balaban J connectivity index is 1.50. The summed E-state index contributed by atoms with van der Waals surface area (Å²) in [6.45, 7) is 1.36. The molecule has 2 N–H and O–H groups in total. The molecule has 0 saturated heterocycles. The molecule has 162 valence electrons. The van der Waals surface area contributed by atoms with E-state index in [-0.39, 0.29) is 31.2 Å². The molecule has 31 heavy (non-hydrogen) atoms. The fourth-order valence-corrected chi connectivity index (χ4v) is 3.36. The molecule has 1 aliphatic heterocycles. The van der Waals surface area contributed by atoms with Crippen LogP contribution >= 0.6 is 11.6 Å². The van der Waals surface area contributed by atoms with Crippen molar-refractivity contribution in [2.24, 2.45) is 0 Å². The maximum absolute atomic E-state index is 12.8. The minimum atomic E-state index is -0.616. The number of para-hydroxylation sites is 2. The van der Waals surface area contributed by atoms with Gasteiger partial charge in [-0.3, -0.25) is 19.2 Å². The average molecular weight is 444 g/mol. The number of nitrogens with zero attached hydrogens (tertiary/aromatic N) is 1. The zero-order chi connectivity index (χ0) is 22.4. The largest absolute Gasteiger partial charge is 0.455 e. The van der Waals surface area contributed by atoms with E-state index in [2.05, 4.69) is 10.6 Å². The lowest BCUT2D eigenvalue weighted by molar-refractivity contribution is -0.147. The van der Waals surface area contributed by atoms with Crippen LogP contribution in [0.4, 0.5) is 11.4 Å². The summed E-state index contributed by atoms with van der Waals surface area (Å²) in [4.78, 5) is 50.3. The summed E-state index contributed by atoms with van der Waals surface area (Å²) in [5.41, 5.74) is 1.50. The van der Waals surface area contributed by atoms with E-state index in [1.807, 2.05) is 0 Å². The number of carbonyl (C=O) groups is 4. The molecule has 0 radical (unpaired) electrons. The summed E-state index contributed by atoms with van der Waals surface area (Å²) in [7, 11) is 0. The molecule has 8 nitrogen and oxygen atoms in total. The quantitative estimate of drug-likeness (QED) is 0.668. The van der Waals surface area contributed by atoms with E-state index in [4.69, 9.17) is 16.3 Å². The minimum Gasteiger partial charge on any atom is -0.455 e. The van der Waals surface area contributed by atoms with E-state index in [1.54, 1.807) is 55.5 Å². The molecule has 0 aromatic heterocycles. The van der Waals surface area contributed by atoms with Gasteiger partial charge in [0.15, 0.2) is 6.61 Å². The van der Waals surface area contributed by atoms with Crippen LogP contribution in [0.1, 0.15) is 30.1 Å². The molecule has 1 aliphatic rings. The number of amides is 3. The standard InChI is InChI=1S/C22H22ClN3O5/c1-14-12-19(27)25-17-4-2-3-5-18(17)26(14)20(28)13-31-21(29)10-11-24-22(30)15-6-8-16(23)9-7-15/h2-9,14H,10-13H2,1H3,(H,24,30)(H,25,27). The van der Waals surface area contributed by atoms with Crippen molar-refractivity contribution >= 4 is 46.7 Å². The molecule has 2 aromatic carbocycles. The van der Waals surface area contributed by atoms with Crippen molar-refractivity contribution in [1.82, 2.24) is 5.32 Å². The van der Waals surface area contributed by atoms with Crippen LogP contribution < -0.4 is 15.5 Å². The number of benzene rings is 2. The molecule has 0 aliphatic carbocycles. The van der Waals surface area contributed by atoms with Crippen LogP contribution in [-0.4, -0.2) is 42.9 Å². The van der Waals surface area contributed by atoms with Crippen LogP contribution in [0.25, 0.3) is 0 Å². The minimum absolute atomic E-state index is 0.0653. The zero-order valence-corrected chi connectivity index (χ0v) is 17.6. The van der Waals surface area contributed by atoms with Crippen LogP contribution in [0.2, 0.25) is 5.02 Å². The second-order valence-corrected chi connectivity index (χ2v) is 7.49. The smallest absolute Gasteiger partial charge is 0.308 e. The maximum atomic E-state index is 12.8. The monoisotopic (exact) mass is 443 g/mol. The van der Waals surface area contributed by atoms with Gasteiger partial charge in [-0.15, -0.1) is 0 Å². The fraction of sp³-hybridized carbons (Fsp3) is 0.273. The predicted octanol–water partition coefficient (Wildman–Crippen LogP) is 2.77. The van der Waals surface area contributed by atoms with Crippen molar-refractivity contribution in [3.63, 3.8) is 0 Å². The second-order valence-electron chi connectivity index (χ2n) is 7.06. The molecule has 0 fully saturated rings. The Morgan fingerprint density at radius 1 is 1.16 bits per heavy atom. The lowest BCUT2D eigenvalue weighted by Gasteiger charge is -2.27. The Morgan fingerprint density at radius 2 is 1.87 bits per heavy atom. The molecule has 1 heterocycles. The average Bonchev–Trinajstić information content (AvgIpc) is 2.86. The van der Waals surface area contributed by atoms with Crippen LogP contribution in [0.3, 0.4) is 0 Å². The number of ether oxygens (including phenoxy) is 1. The van der Waals surface area contributed by atoms with Crippen molar-refractivity contribution in [1.29, 1.82) is 0 Å². The highest BCUT2D eigenvalue weighted by Gasteiger charge is 2.30. The number of anilines is 2. The van der Waals surface area contributed by atoms with Gasteiger partial charge in [0.1, 0.15) is 0 Å². The van der Waals surface area contributed by atoms with Gasteiger partial charge >= 0.3 is 5.97 Å². The Morgan fingerprint density at radius 3 is 2.61 bits per heavy atom. The highest BCUT2D eigenvalue weighted by Crippen LogP contribution is 2.31. The Bertz CT molecular complexity index is 993. The number of carbonyl (C=O) groups excluding carboxylic acids is 4. The molecule has 1 unspecified atom stereocenters. The first kappa shape index (κ1) is 22.3. The Kier molecular flexibility index (Phi) is 7.25. The van der Waals surface area contributed by atoms with E-state index in [1.165, 1.54) is 4.90 Å². The lowest BCUT2D eigenvalue weighted by atomic mass is 10.1. The summed E-state index contributed by atoms with van der Waals surface area (Å²) in [6, 6.07) is 12.9. The van der Waals surface area contributed by atoms with Gasteiger partial charge in [-0.05, 0) is 43.3 Å². The van der Waals surface area contributed by atoms with Gasteiger partial charge in [0.2, 0.25) is 5.91 Å². The summed E-state index contributed by atoms with van der Waals surface area (Å²) in [5, 5.41) is 5.90. The molecule has 2 aromatic rings. The van der Waals surface area contributed by atoms with Gasteiger partial charge in [-0.25, -0.2) is 0 Å². The maximum Gasteiger partial charge on any atom is 0.308 e. The number of halogens is 1. The zero-order valence-electron chi connectivity index (χ0n) is 16.9. The first-order valence-corrected chi connectivity index (χ1v) is 10.1. The van der Waals surface area contributed by atoms with Crippen LogP contribution in [-0.2, 0) is 19.1 Å². The summed E-state index contributed by atoms with van der Waals surface area (Å²) >= 11 is 5.79. The van der Waals surface area contributed by atoms with Crippen molar-refractivity contribution < 1.29 is 23.9 Å². The number of fused-ring (bicyclic) bond motifs is 1. The predicted molar refractivity (Wildman–Crippen MR) is 116 cm³/mol. The molecule has 3 rings (SSSR count). The van der Waals surface area contributed by atoms with Gasteiger partial charge in [-0.2, -0.15) is 0 Å². The third kappa shape index (κ3) is 5.82. The number of rotatable bonds is 6. The van der Waals surface area contributed by atoms with Crippen LogP contribution in [0, 0.1) is 0 Å². The number of hydrogen-bond donors (Lipinski definition) is 2. The van der Waals surface area contributed by atoms with Gasteiger partial charge in [0, 0.05) is 29.6 Å². The van der Waals surface area contributed by atoms with E-state index in [0.29, 0.717) is 22.0 Å². The third-order valence-electron chi connectivity index (χ3n) is 4.71. The molecule has 3 amide bonds. The Hall–Kier alpha value is -3.39. The van der Waals surface area contributed by atoms with Gasteiger partial charge < -0.3 is 20.3 Å². The van der Waals surface area contributed by atoms with Crippen molar-refractivity contribution in [2.75, 3.05) is 23.4 Å². The van der Waals surface area contributed by atoms with Gasteiger partial charge in [0.05, 0.1) is 17.8 Å². The van der Waals surface area contributed by atoms with Gasteiger partial charge in [0.25, 0.3) is 11.8 Å². The van der Waals surface area contributed by atoms with Gasteiger partial charge in [-0.1, -0.05) is 23.7 Å². The lowest BCUT2D eigenvalue weighted by Crippen LogP contribution is -2.41. The SMILES string of the molecule is CC1CC(=O)Nc2ccccc2N1C(=O)COC(=O)CCNC(=O)c1ccc(Cl)cc1. The normalized spacial score (nSPS) is 15.4. The summed E-state index contributed by atoms with van der Waals surface area (Å²) < 4.78 is 5.09. The summed E-state index contributed by atoms with van der Waals surface area (Å²) in [5.74, 6) is -1.58. The first-order valence-electron chi connectivity index (χ1n) is 9.75. The third-order valence-corrected chi connectivity index (χ3v) is 4.96. The van der Waals surface area contributed by atoms with E-state index >= 15 is 0 Å². The molecule has 0 bridgehead atoms. The van der Waals surface area contributed by atoms with E-state index < -0.39 is 24.5 Å². The fourth-order valence-electron chi connectivity index (χ4n) is 3.23. The Labute approximate surface area is 184 Å². The molecule has 1 atom stereocenters. The van der Waals surface area contributed by atoms with Crippen LogP contribution in [0.15, 0.2) is 48.5 Å². The molecule has 0 saturated carbocycles. The molecule has 0 spiro atoms. The molecular formula is C22H22ClN3O5. The molecular weight excluding hydrogens is 422 g/mol.